The summed E-state index contributed by atoms with van der Waals surface area (Å²) >= 11 is 0. The van der Waals surface area contributed by atoms with Gasteiger partial charge in [0.1, 0.15) is 0 Å². The second-order valence-corrected chi connectivity index (χ2v) is 4.09. The maximum absolute atomic E-state index is 8.90. The lowest BCUT2D eigenvalue weighted by molar-refractivity contribution is 0.216. The molecule has 1 saturated heterocycles. The van der Waals surface area contributed by atoms with Crippen molar-refractivity contribution in [1.29, 1.82) is 0 Å². The Kier molecular flexibility index (Phi) is 1.97. The summed E-state index contributed by atoms with van der Waals surface area (Å²) in [6.07, 6.45) is 5.51. The van der Waals surface area contributed by atoms with Gasteiger partial charge in [0.2, 0.25) is 0 Å². The second kappa shape index (κ2) is 2.86. The molecule has 2 atom stereocenters. The molecule has 0 aromatic rings. The molecule has 2 heteroatoms. The maximum Gasteiger partial charge on any atom is 0.0919 e. The predicted molar refractivity (Wildman–Crippen MR) is 46.9 cm³/mol. The van der Waals surface area contributed by atoms with Crippen LogP contribution in [0, 0.1) is 5.92 Å². The minimum absolute atomic E-state index is 0.178. The van der Waals surface area contributed by atoms with E-state index in [1.54, 1.807) is 0 Å². The smallest absolute Gasteiger partial charge is 0.0919 e. The summed E-state index contributed by atoms with van der Waals surface area (Å²) in [6.45, 7) is 3.36. The van der Waals surface area contributed by atoms with Gasteiger partial charge in [-0.05, 0) is 37.7 Å². The fourth-order valence-electron chi connectivity index (χ4n) is 1.94. The molecule has 1 unspecified atom stereocenters. The first-order valence-electron chi connectivity index (χ1n) is 4.67. The van der Waals surface area contributed by atoms with E-state index in [4.69, 9.17) is 9.84 Å². The largest absolute Gasteiger partial charge is 0.392 e. The number of epoxide rings is 1. The first kappa shape index (κ1) is 8.27. The van der Waals surface area contributed by atoms with Crippen LogP contribution in [0.15, 0.2) is 11.6 Å². The number of aliphatic hydroxyl groups is 1. The van der Waals surface area contributed by atoms with E-state index in [2.05, 4.69) is 13.0 Å². The molecule has 1 N–H and O–H groups in total. The highest BCUT2D eigenvalue weighted by Crippen LogP contribution is 2.42. The molecule has 1 aliphatic carbocycles. The van der Waals surface area contributed by atoms with Crippen LogP contribution in [0.2, 0.25) is 0 Å². The molecule has 1 heterocycles. The molecule has 68 valence electrons. The highest BCUT2D eigenvalue weighted by molar-refractivity contribution is 5.10. The molecule has 2 nitrogen and oxygen atoms in total. The molecule has 0 aromatic heterocycles. The van der Waals surface area contributed by atoms with Crippen molar-refractivity contribution in [2.45, 2.75) is 31.8 Å². The number of allylic oxidation sites excluding steroid dienone is 1. The Morgan fingerprint density at radius 3 is 2.92 bits per heavy atom. The van der Waals surface area contributed by atoms with Gasteiger partial charge in [0.05, 0.1) is 18.8 Å². The van der Waals surface area contributed by atoms with Crippen LogP contribution >= 0.6 is 0 Å². The number of rotatable bonds is 2. The standard InChI is InChI=1S/C10H16O2/c1-10(7-12-10)9-4-2-8(6-11)3-5-9/h2,9,11H,3-7H2,1H3/t9?,10-/m1/s1. The van der Waals surface area contributed by atoms with Gasteiger partial charge in [0.25, 0.3) is 0 Å². The van der Waals surface area contributed by atoms with Crippen molar-refractivity contribution in [1.82, 2.24) is 0 Å². The molecule has 2 aliphatic rings. The van der Waals surface area contributed by atoms with Crippen LogP contribution < -0.4 is 0 Å². The number of hydrogen-bond acceptors (Lipinski definition) is 2. The van der Waals surface area contributed by atoms with Crippen molar-refractivity contribution >= 4 is 0 Å². The molecule has 0 amide bonds. The summed E-state index contributed by atoms with van der Waals surface area (Å²) in [4.78, 5) is 0. The average Bonchev–Trinajstić information content (AvgIpc) is 2.85. The van der Waals surface area contributed by atoms with Gasteiger partial charge in [0.15, 0.2) is 0 Å². The topological polar surface area (TPSA) is 32.8 Å². The highest BCUT2D eigenvalue weighted by atomic mass is 16.6. The van der Waals surface area contributed by atoms with E-state index in [9.17, 15) is 0 Å². The molecule has 0 bridgehead atoms. The molecule has 1 fully saturated rings. The maximum atomic E-state index is 8.90. The van der Waals surface area contributed by atoms with Crippen LogP contribution in [-0.2, 0) is 4.74 Å². The quantitative estimate of drug-likeness (QED) is 0.500. The van der Waals surface area contributed by atoms with Crippen molar-refractivity contribution in [3.8, 4) is 0 Å². The van der Waals surface area contributed by atoms with E-state index in [1.807, 2.05) is 0 Å². The average molecular weight is 168 g/mol. The van der Waals surface area contributed by atoms with Crippen LogP contribution in [0.25, 0.3) is 0 Å². The Morgan fingerprint density at radius 2 is 2.50 bits per heavy atom. The molecular weight excluding hydrogens is 152 g/mol. The van der Waals surface area contributed by atoms with E-state index < -0.39 is 0 Å². The van der Waals surface area contributed by atoms with E-state index in [0.29, 0.717) is 5.92 Å². The van der Waals surface area contributed by atoms with Gasteiger partial charge < -0.3 is 9.84 Å². The molecule has 0 radical (unpaired) electrons. The third-order valence-electron chi connectivity index (χ3n) is 3.17. The molecule has 2 rings (SSSR count). The number of aliphatic hydroxyl groups excluding tert-OH is 1. The summed E-state index contributed by atoms with van der Waals surface area (Å²) in [5, 5.41) is 8.90. The first-order chi connectivity index (χ1) is 5.74. The summed E-state index contributed by atoms with van der Waals surface area (Å²) < 4.78 is 5.41. The minimum atomic E-state index is 0.178. The van der Waals surface area contributed by atoms with Gasteiger partial charge in [-0.25, -0.2) is 0 Å². The normalized spacial score (nSPS) is 40.8. The SMILES string of the molecule is C[C@]1(C2CC=C(CO)CC2)CO1. The zero-order valence-electron chi connectivity index (χ0n) is 7.55. The van der Waals surface area contributed by atoms with Crippen LogP contribution in [0.4, 0.5) is 0 Å². The molecule has 12 heavy (non-hydrogen) atoms. The summed E-state index contributed by atoms with van der Waals surface area (Å²) in [6, 6.07) is 0. The zero-order valence-corrected chi connectivity index (χ0v) is 7.55. The summed E-state index contributed by atoms with van der Waals surface area (Å²) in [5.41, 5.74) is 1.38. The van der Waals surface area contributed by atoms with Crippen molar-refractivity contribution in [2.75, 3.05) is 13.2 Å². The molecule has 1 aliphatic heterocycles. The monoisotopic (exact) mass is 168 g/mol. The Labute approximate surface area is 73.2 Å². The van der Waals surface area contributed by atoms with Gasteiger partial charge in [0, 0.05) is 0 Å². The number of hydrogen-bond donors (Lipinski definition) is 1. The van der Waals surface area contributed by atoms with Crippen LogP contribution in [0.3, 0.4) is 0 Å². The van der Waals surface area contributed by atoms with Gasteiger partial charge in [-0.3, -0.25) is 0 Å². The highest BCUT2D eigenvalue weighted by Gasteiger charge is 2.46. The fraction of sp³-hybridized carbons (Fsp3) is 0.800. The molecule has 0 spiro atoms. The van der Waals surface area contributed by atoms with Crippen molar-refractivity contribution in [3.63, 3.8) is 0 Å². The van der Waals surface area contributed by atoms with Crippen LogP contribution in [-0.4, -0.2) is 23.9 Å². The Hall–Kier alpha value is -0.340. The molecule has 0 aromatic carbocycles. The lowest BCUT2D eigenvalue weighted by atomic mass is 9.82. The van der Waals surface area contributed by atoms with Gasteiger partial charge in [-0.15, -0.1) is 0 Å². The molecule has 0 saturated carbocycles. The van der Waals surface area contributed by atoms with Crippen molar-refractivity contribution < 1.29 is 9.84 Å². The zero-order chi connectivity index (χ0) is 8.60. The Morgan fingerprint density at radius 1 is 1.75 bits per heavy atom. The van der Waals surface area contributed by atoms with Crippen molar-refractivity contribution in [2.24, 2.45) is 5.92 Å². The van der Waals surface area contributed by atoms with E-state index in [0.717, 1.165) is 19.4 Å². The lowest BCUT2D eigenvalue weighted by Gasteiger charge is -2.24. The predicted octanol–water partition coefficient (Wildman–Crippen LogP) is 1.49. The first-order valence-corrected chi connectivity index (χ1v) is 4.67. The minimum Gasteiger partial charge on any atom is -0.392 e. The van der Waals surface area contributed by atoms with E-state index in [-0.39, 0.29) is 12.2 Å². The summed E-state index contributed by atoms with van der Waals surface area (Å²) in [5.74, 6) is 0.688. The van der Waals surface area contributed by atoms with Crippen LogP contribution in [0.5, 0.6) is 0 Å². The Balaban J connectivity index is 1.94. The van der Waals surface area contributed by atoms with Gasteiger partial charge in [-0.1, -0.05) is 6.08 Å². The van der Waals surface area contributed by atoms with Gasteiger partial charge >= 0.3 is 0 Å². The second-order valence-electron chi connectivity index (χ2n) is 4.09. The number of ether oxygens (including phenoxy) is 1. The summed E-state index contributed by atoms with van der Waals surface area (Å²) in [7, 11) is 0. The van der Waals surface area contributed by atoms with Gasteiger partial charge in [-0.2, -0.15) is 0 Å². The van der Waals surface area contributed by atoms with E-state index in [1.165, 1.54) is 12.0 Å². The van der Waals surface area contributed by atoms with Crippen molar-refractivity contribution in [3.05, 3.63) is 11.6 Å². The third-order valence-corrected chi connectivity index (χ3v) is 3.17. The van der Waals surface area contributed by atoms with Crippen LogP contribution in [0.1, 0.15) is 26.2 Å². The lowest BCUT2D eigenvalue weighted by Crippen LogP contribution is -2.22. The fourth-order valence-corrected chi connectivity index (χ4v) is 1.94. The van der Waals surface area contributed by atoms with E-state index >= 15 is 0 Å². The molecular formula is C10H16O2. The third kappa shape index (κ3) is 1.41. The Bertz CT molecular complexity index is 204.